The number of hydrogen-bond acceptors (Lipinski definition) is 4. The molecule has 0 radical (unpaired) electrons. The number of nitrogens with zero attached hydrogens (tertiary/aromatic N) is 1. The van der Waals surface area contributed by atoms with Crippen molar-refractivity contribution in [2.75, 3.05) is 6.61 Å². The summed E-state index contributed by atoms with van der Waals surface area (Å²) in [6.45, 7) is 1.52. The Morgan fingerprint density at radius 3 is 2.71 bits per heavy atom. The number of para-hydroxylation sites is 2. The highest BCUT2D eigenvalue weighted by Crippen LogP contribution is 2.27. The van der Waals surface area contributed by atoms with Crippen LogP contribution in [0.4, 0.5) is 10.1 Å². The van der Waals surface area contributed by atoms with Crippen LogP contribution in [0.15, 0.2) is 42.5 Å². The van der Waals surface area contributed by atoms with Gasteiger partial charge in [-0.05, 0) is 36.2 Å². The van der Waals surface area contributed by atoms with Crippen molar-refractivity contribution in [1.82, 2.24) is 0 Å². The van der Waals surface area contributed by atoms with Crippen molar-refractivity contribution >= 4 is 5.69 Å². The average Bonchev–Trinajstić information content (AvgIpc) is 2.45. The molecule has 1 N–H and O–H groups in total. The van der Waals surface area contributed by atoms with Crippen LogP contribution >= 0.6 is 0 Å². The molecular weight excluding hydrogens is 277 g/mol. The van der Waals surface area contributed by atoms with Crippen molar-refractivity contribution in [2.24, 2.45) is 0 Å². The zero-order valence-corrected chi connectivity index (χ0v) is 11.3. The molecule has 0 saturated carbocycles. The van der Waals surface area contributed by atoms with Gasteiger partial charge in [-0.3, -0.25) is 10.1 Å². The van der Waals surface area contributed by atoms with Gasteiger partial charge in [-0.25, -0.2) is 4.39 Å². The third-order valence-corrected chi connectivity index (χ3v) is 3.05. The Morgan fingerprint density at radius 1 is 1.33 bits per heavy atom. The molecule has 0 bridgehead atoms. The van der Waals surface area contributed by atoms with E-state index < -0.39 is 11.0 Å². The Hall–Kier alpha value is -2.47. The van der Waals surface area contributed by atoms with E-state index in [9.17, 15) is 19.6 Å². The van der Waals surface area contributed by atoms with E-state index in [0.717, 1.165) is 0 Å². The minimum atomic E-state index is -0.995. The molecule has 21 heavy (non-hydrogen) atoms. The Kier molecular flexibility index (Phi) is 4.49. The van der Waals surface area contributed by atoms with Gasteiger partial charge in [0.15, 0.2) is 5.75 Å². The SMILES string of the molecule is Cc1cc(F)ccc1C(O)COc1ccccc1[N+](=O)[O-]. The van der Waals surface area contributed by atoms with Gasteiger partial charge in [0, 0.05) is 6.07 Å². The molecular formula is C15H14FNO4. The van der Waals surface area contributed by atoms with Gasteiger partial charge in [0.1, 0.15) is 18.5 Å². The fraction of sp³-hybridized carbons (Fsp3) is 0.200. The van der Waals surface area contributed by atoms with Crippen LogP contribution in [0.5, 0.6) is 5.75 Å². The number of aliphatic hydroxyl groups excluding tert-OH is 1. The molecule has 0 heterocycles. The van der Waals surface area contributed by atoms with Gasteiger partial charge in [0.25, 0.3) is 0 Å². The third-order valence-electron chi connectivity index (χ3n) is 3.05. The number of benzene rings is 2. The molecule has 0 spiro atoms. The molecule has 110 valence electrons. The van der Waals surface area contributed by atoms with Gasteiger partial charge >= 0.3 is 5.69 Å². The van der Waals surface area contributed by atoms with Gasteiger partial charge < -0.3 is 9.84 Å². The number of aliphatic hydroxyl groups is 1. The number of ether oxygens (including phenoxy) is 1. The highest BCUT2D eigenvalue weighted by atomic mass is 19.1. The molecule has 0 aliphatic rings. The van der Waals surface area contributed by atoms with E-state index in [1.54, 1.807) is 13.0 Å². The van der Waals surface area contributed by atoms with Gasteiger partial charge in [-0.1, -0.05) is 18.2 Å². The zero-order valence-electron chi connectivity index (χ0n) is 11.3. The molecule has 0 saturated heterocycles. The smallest absolute Gasteiger partial charge is 0.310 e. The lowest BCUT2D eigenvalue weighted by Crippen LogP contribution is -2.11. The van der Waals surface area contributed by atoms with Crippen molar-refractivity contribution in [2.45, 2.75) is 13.0 Å². The Labute approximate surface area is 120 Å². The second kappa shape index (κ2) is 6.32. The highest BCUT2D eigenvalue weighted by molar-refractivity contribution is 5.45. The second-order valence-corrected chi connectivity index (χ2v) is 4.55. The van der Waals surface area contributed by atoms with E-state index in [1.165, 1.54) is 36.4 Å². The summed E-state index contributed by atoms with van der Waals surface area (Å²) in [5.74, 6) is -0.301. The van der Waals surface area contributed by atoms with Gasteiger partial charge in [0.2, 0.25) is 0 Å². The largest absolute Gasteiger partial charge is 0.484 e. The quantitative estimate of drug-likeness (QED) is 0.678. The molecule has 0 aliphatic heterocycles. The molecule has 0 aliphatic carbocycles. The molecule has 1 unspecified atom stereocenters. The Morgan fingerprint density at radius 2 is 2.05 bits per heavy atom. The number of nitro benzene ring substituents is 1. The monoisotopic (exact) mass is 291 g/mol. The molecule has 0 fully saturated rings. The molecule has 0 aromatic heterocycles. The minimum Gasteiger partial charge on any atom is -0.484 e. The fourth-order valence-electron chi connectivity index (χ4n) is 2.00. The number of aryl methyl sites for hydroxylation is 1. The minimum absolute atomic E-state index is 0.0846. The van der Waals surface area contributed by atoms with Crippen molar-refractivity contribution in [3.63, 3.8) is 0 Å². The summed E-state index contributed by atoms with van der Waals surface area (Å²) in [7, 11) is 0. The number of hydrogen-bond donors (Lipinski definition) is 1. The molecule has 6 heteroatoms. The summed E-state index contributed by atoms with van der Waals surface area (Å²) >= 11 is 0. The molecule has 2 rings (SSSR count). The lowest BCUT2D eigenvalue weighted by molar-refractivity contribution is -0.385. The number of nitro groups is 1. The number of rotatable bonds is 5. The van der Waals surface area contributed by atoms with Crippen LogP contribution in [0, 0.1) is 22.9 Å². The normalized spacial score (nSPS) is 12.0. The van der Waals surface area contributed by atoms with Crippen molar-refractivity contribution in [3.8, 4) is 5.75 Å². The van der Waals surface area contributed by atoms with Crippen LogP contribution in [-0.2, 0) is 0 Å². The Bertz CT molecular complexity index is 660. The average molecular weight is 291 g/mol. The summed E-state index contributed by atoms with van der Waals surface area (Å²) in [5.41, 5.74) is 0.948. The van der Waals surface area contributed by atoms with E-state index in [-0.39, 0.29) is 23.9 Å². The van der Waals surface area contributed by atoms with Crippen LogP contribution in [0.25, 0.3) is 0 Å². The van der Waals surface area contributed by atoms with Crippen LogP contribution in [0.3, 0.4) is 0 Å². The standard InChI is InChI=1S/C15H14FNO4/c1-10-8-11(16)6-7-12(10)14(18)9-21-15-5-3-2-4-13(15)17(19)20/h2-8,14,18H,9H2,1H3. The second-order valence-electron chi connectivity index (χ2n) is 4.55. The molecule has 5 nitrogen and oxygen atoms in total. The van der Waals surface area contributed by atoms with E-state index in [0.29, 0.717) is 11.1 Å². The van der Waals surface area contributed by atoms with Crippen LogP contribution in [-0.4, -0.2) is 16.6 Å². The maximum atomic E-state index is 13.0. The van der Waals surface area contributed by atoms with E-state index >= 15 is 0 Å². The summed E-state index contributed by atoms with van der Waals surface area (Å²) in [5, 5.41) is 20.9. The van der Waals surface area contributed by atoms with E-state index in [4.69, 9.17) is 4.74 Å². The van der Waals surface area contributed by atoms with Gasteiger partial charge in [0.05, 0.1) is 4.92 Å². The predicted octanol–water partition coefficient (Wildman–Crippen LogP) is 3.15. The summed E-state index contributed by atoms with van der Waals surface area (Å²) in [6.07, 6.45) is -0.995. The van der Waals surface area contributed by atoms with Crippen LogP contribution < -0.4 is 4.74 Å². The highest BCUT2D eigenvalue weighted by Gasteiger charge is 2.17. The first-order valence-corrected chi connectivity index (χ1v) is 6.29. The van der Waals surface area contributed by atoms with Crippen molar-refractivity contribution in [1.29, 1.82) is 0 Å². The third kappa shape index (κ3) is 3.55. The van der Waals surface area contributed by atoms with Crippen molar-refractivity contribution in [3.05, 3.63) is 69.5 Å². The van der Waals surface area contributed by atoms with E-state index in [2.05, 4.69) is 0 Å². The molecule has 0 amide bonds. The number of halogens is 1. The molecule has 1 atom stereocenters. The topological polar surface area (TPSA) is 72.6 Å². The first kappa shape index (κ1) is 14.9. The molecule has 2 aromatic rings. The van der Waals surface area contributed by atoms with E-state index in [1.807, 2.05) is 0 Å². The lowest BCUT2D eigenvalue weighted by atomic mass is 10.0. The summed E-state index contributed by atoms with van der Waals surface area (Å²) in [4.78, 5) is 10.3. The van der Waals surface area contributed by atoms with Crippen LogP contribution in [0.2, 0.25) is 0 Å². The first-order chi connectivity index (χ1) is 9.99. The zero-order chi connectivity index (χ0) is 15.4. The van der Waals surface area contributed by atoms with Crippen molar-refractivity contribution < 1.29 is 19.2 Å². The fourth-order valence-corrected chi connectivity index (χ4v) is 2.00. The first-order valence-electron chi connectivity index (χ1n) is 6.29. The predicted molar refractivity (Wildman–Crippen MR) is 74.7 cm³/mol. The Balaban J connectivity index is 2.11. The summed E-state index contributed by atoms with van der Waals surface area (Å²) < 4.78 is 18.3. The van der Waals surface area contributed by atoms with Gasteiger partial charge in [-0.15, -0.1) is 0 Å². The summed E-state index contributed by atoms with van der Waals surface area (Å²) in [6, 6.07) is 9.95. The van der Waals surface area contributed by atoms with Crippen LogP contribution in [0.1, 0.15) is 17.2 Å². The maximum Gasteiger partial charge on any atom is 0.310 e. The lowest BCUT2D eigenvalue weighted by Gasteiger charge is -2.15. The van der Waals surface area contributed by atoms with Gasteiger partial charge in [-0.2, -0.15) is 0 Å². The maximum absolute atomic E-state index is 13.0. The molecule has 2 aromatic carbocycles.